The van der Waals surface area contributed by atoms with Gasteiger partial charge in [0.15, 0.2) is 0 Å². The summed E-state index contributed by atoms with van der Waals surface area (Å²) < 4.78 is 6.68. The average molecular weight is 377 g/mol. The molecule has 0 aliphatic rings. The van der Waals surface area contributed by atoms with Crippen LogP contribution in [0.3, 0.4) is 0 Å². The number of rotatable bonds is 7. The van der Waals surface area contributed by atoms with Gasteiger partial charge in [0.1, 0.15) is 12.3 Å². The van der Waals surface area contributed by atoms with Gasteiger partial charge in [0.2, 0.25) is 5.91 Å². The SMILES string of the molecule is CCOc1ccccc1NC(=O)Cn1nc(-c2ccc(CC)cc2)ccc1=O. The molecule has 28 heavy (non-hydrogen) atoms. The van der Waals surface area contributed by atoms with E-state index in [9.17, 15) is 9.59 Å². The van der Waals surface area contributed by atoms with Crippen molar-refractivity contribution in [1.29, 1.82) is 0 Å². The summed E-state index contributed by atoms with van der Waals surface area (Å²) in [7, 11) is 0. The Kier molecular flexibility index (Phi) is 6.22. The van der Waals surface area contributed by atoms with Gasteiger partial charge in [-0.3, -0.25) is 9.59 Å². The quantitative estimate of drug-likeness (QED) is 0.684. The van der Waals surface area contributed by atoms with Crippen molar-refractivity contribution in [3.63, 3.8) is 0 Å². The number of para-hydroxylation sites is 2. The van der Waals surface area contributed by atoms with Crippen molar-refractivity contribution in [3.05, 3.63) is 76.6 Å². The van der Waals surface area contributed by atoms with Gasteiger partial charge < -0.3 is 10.1 Å². The van der Waals surface area contributed by atoms with Crippen LogP contribution in [0.15, 0.2) is 65.5 Å². The fourth-order valence-corrected chi connectivity index (χ4v) is 2.80. The third kappa shape index (κ3) is 4.65. The molecule has 0 atom stereocenters. The maximum Gasteiger partial charge on any atom is 0.267 e. The van der Waals surface area contributed by atoms with Crippen molar-refractivity contribution in [2.75, 3.05) is 11.9 Å². The summed E-state index contributed by atoms with van der Waals surface area (Å²) in [5, 5.41) is 7.13. The first kappa shape index (κ1) is 19.4. The second-order valence-corrected chi connectivity index (χ2v) is 6.24. The first-order valence-electron chi connectivity index (χ1n) is 9.30. The van der Waals surface area contributed by atoms with Crippen LogP contribution in [0.2, 0.25) is 0 Å². The van der Waals surface area contributed by atoms with E-state index in [1.54, 1.807) is 18.2 Å². The molecule has 0 saturated carbocycles. The van der Waals surface area contributed by atoms with Crippen molar-refractivity contribution in [1.82, 2.24) is 9.78 Å². The number of hydrogen-bond acceptors (Lipinski definition) is 4. The second-order valence-electron chi connectivity index (χ2n) is 6.24. The predicted octanol–water partition coefficient (Wildman–Crippen LogP) is 3.51. The van der Waals surface area contributed by atoms with Gasteiger partial charge in [-0.05, 0) is 37.1 Å². The van der Waals surface area contributed by atoms with Gasteiger partial charge in [0, 0.05) is 11.6 Å². The van der Waals surface area contributed by atoms with Crippen LogP contribution in [0.25, 0.3) is 11.3 Å². The number of carbonyl (C=O) groups excluding carboxylic acids is 1. The number of nitrogens with one attached hydrogen (secondary N) is 1. The van der Waals surface area contributed by atoms with E-state index in [0.717, 1.165) is 12.0 Å². The Morgan fingerprint density at radius 3 is 2.50 bits per heavy atom. The lowest BCUT2D eigenvalue weighted by molar-refractivity contribution is -0.117. The molecule has 6 nitrogen and oxygen atoms in total. The summed E-state index contributed by atoms with van der Waals surface area (Å²) in [6.45, 7) is 4.28. The van der Waals surface area contributed by atoms with Gasteiger partial charge >= 0.3 is 0 Å². The molecule has 6 heteroatoms. The van der Waals surface area contributed by atoms with Crippen molar-refractivity contribution in [3.8, 4) is 17.0 Å². The largest absolute Gasteiger partial charge is 0.492 e. The lowest BCUT2D eigenvalue weighted by Crippen LogP contribution is -2.29. The Morgan fingerprint density at radius 1 is 1.04 bits per heavy atom. The Bertz CT molecular complexity index is 1010. The van der Waals surface area contributed by atoms with E-state index >= 15 is 0 Å². The van der Waals surface area contributed by atoms with Crippen LogP contribution in [0, 0.1) is 0 Å². The highest BCUT2D eigenvalue weighted by Crippen LogP contribution is 2.23. The molecular formula is C22H23N3O3. The average Bonchev–Trinajstić information content (AvgIpc) is 2.71. The Morgan fingerprint density at radius 2 is 1.79 bits per heavy atom. The number of aryl methyl sites for hydroxylation is 1. The Labute approximate surface area is 163 Å². The van der Waals surface area contributed by atoms with Crippen molar-refractivity contribution in [2.45, 2.75) is 26.8 Å². The lowest BCUT2D eigenvalue weighted by Gasteiger charge is -2.12. The zero-order chi connectivity index (χ0) is 19.9. The molecule has 0 saturated heterocycles. The van der Waals surface area contributed by atoms with Gasteiger partial charge in [-0.15, -0.1) is 0 Å². The van der Waals surface area contributed by atoms with Gasteiger partial charge in [0.05, 0.1) is 18.0 Å². The molecular weight excluding hydrogens is 354 g/mol. The third-order valence-electron chi connectivity index (χ3n) is 4.28. The van der Waals surface area contributed by atoms with Crippen molar-refractivity contribution >= 4 is 11.6 Å². The van der Waals surface area contributed by atoms with Crippen molar-refractivity contribution < 1.29 is 9.53 Å². The van der Waals surface area contributed by atoms with Gasteiger partial charge in [-0.25, -0.2) is 4.68 Å². The minimum atomic E-state index is -0.347. The zero-order valence-electron chi connectivity index (χ0n) is 16.0. The van der Waals surface area contributed by atoms with E-state index in [2.05, 4.69) is 17.3 Å². The van der Waals surface area contributed by atoms with Gasteiger partial charge in [-0.1, -0.05) is 43.3 Å². The number of hydrogen-bond donors (Lipinski definition) is 1. The molecule has 3 aromatic rings. The fraction of sp³-hybridized carbons (Fsp3) is 0.227. The molecule has 144 valence electrons. The topological polar surface area (TPSA) is 73.2 Å². The minimum Gasteiger partial charge on any atom is -0.492 e. The summed E-state index contributed by atoms with van der Waals surface area (Å²) in [5.74, 6) is 0.239. The van der Waals surface area contributed by atoms with Crippen LogP contribution in [0.4, 0.5) is 5.69 Å². The van der Waals surface area contributed by atoms with Crippen LogP contribution >= 0.6 is 0 Å². The second kappa shape index (κ2) is 8.99. The van der Waals surface area contributed by atoms with E-state index in [-0.39, 0.29) is 18.0 Å². The van der Waals surface area contributed by atoms with E-state index < -0.39 is 0 Å². The molecule has 1 heterocycles. The van der Waals surface area contributed by atoms with Crippen LogP contribution in [0.5, 0.6) is 5.75 Å². The highest BCUT2D eigenvalue weighted by atomic mass is 16.5. The molecule has 1 aromatic heterocycles. The number of ether oxygens (including phenoxy) is 1. The lowest BCUT2D eigenvalue weighted by atomic mass is 10.1. The third-order valence-corrected chi connectivity index (χ3v) is 4.28. The normalized spacial score (nSPS) is 10.5. The van der Waals surface area contributed by atoms with Crippen LogP contribution in [-0.2, 0) is 17.8 Å². The molecule has 0 aliphatic carbocycles. The summed E-state index contributed by atoms with van der Waals surface area (Å²) in [4.78, 5) is 24.6. The molecule has 2 aromatic carbocycles. The van der Waals surface area contributed by atoms with Crippen molar-refractivity contribution in [2.24, 2.45) is 0 Å². The predicted molar refractivity (Wildman–Crippen MR) is 110 cm³/mol. The van der Waals surface area contributed by atoms with Crippen LogP contribution in [-0.4, -0.2) is 22.3 Å². The highest BCUT2D eigenvalue weighted by molar-refractivity contribution is 5.92. The first-order valence-corrected chi connectivity index (χ1v) is 9.30. The van der Waals surface area contributed by atoms with E-state index in [1.165, 1.54) is 16.3 Å². The summed E-state index contributed by atoms with van der Waals surface area (Å²) in [5.41, 5.74) is 3.00. The molecule has 1 amide bonds. The standard InChI is InChI=1S/C22H23N3O3/c1-3-16-9-11-17(12-10-16)18-13-14-22(27)25(24-18)15-21(26)23-19-7-5-6-8-20(19)28-4-2/h5-14H,3-4,15H2,1-2H3,(H,23,26). The summed E-state index contributed by atoms with van der Waals surface area (Å²) in [6, 6.07) is 18.3. The van der Waals surface area contributed by atoms with Crippen LogP contribution < -0.4 is 15.6 Å². The number of aromatic nitrogens is 2. The molecule has 0 bridgehead atoms. The number of carbonyl (C=O) groups is 1. The van der Waals surface area contributed by atoms with Gasteiger partial charge in [0.25, 0.3) is 5.56 Å². The van der Waals surface area contributed by atoms with E-state index in [4.69, 9.17) is 4.74 Å². The molecule has 3 rings (SSSR count). The number of nitrogens with zero attached hydrogens (tertiary/aromatic N) is 2. The molecule has 0 radical (unpaired) electrons. The fourth-order valence-electron chi connectivity index (χ4n) is 2.80. The maximum atomic E-state index is 12.5. The Hall–Kier alpha value is -3.41. The zero-order valence-corrected chi connectivity index (χ0v) is 16.0. The van der Waals surface area contributed by atoms with E-state index in [1.807, 2.05) is 43.3 Å². The van der Waals surface area contributed by atoms with Crippen LogP contribution in [0.1, 0.15) is 19.4 Å². The monoisotopic (exact) mass is 377 g/mol. The molecule has 0 spiro atoms. The maximum absolute atomic E-state index is 12.5. The highest BCUT2D eigenvalue weighted by Gasteiger charge is 2.11. The number of amides is 1. The summed E-state index contributed by atoms with van der Waals surface area (Å²) >= 11 is 0. The molecule has 0 fully saturated rings. The molecule has 0 aliphatic heterocycles. The van der Waals surface area contributed by atoms with E-state index in [0.29, 0.717) is 23.7 Å². The molecule has 0 unspecified atom stereocenters. The Balaban J connectivity index is 1.78. The molecule has 1 N–H and O–H groups in total. The number of benzene rings is 2. The number of anilines is 1. The smallest absolute Gasteiger partial charge is 0.267 e. The summed E-state index contributed by atoms with van der Waals surface area (Å²) in [6.07, 6.45) is 0.955. The first-order chi connectivity index (χ1) is 13.6. The minimum absolute atomic E-state index is 0.180. The van der Waals surface area contributed by atoms with Gasteiger partial charge in [-0.2, -0.15) is 5.10 Å².